The summed E-state index contributed by atoms with van der Waals surface area (Å²) in [6.45, 7) is 6.70. The Bertz CT molecular complexity index is 671. The van der Waals surface area contributed by atoms with Gasteiger partial charge in [-0.15, -0.1) is 0 Å². The van der Waals surface area contributed by atoms with E-state index in [-0.39, 0.29) is 18.0 Å². The van der Waals surface area contributed by atoms with Crippen LogP contribution in [0, 0.1) is 17.2 Å². The lowest BCUT2D eigenvalue weighted by atomic mass is 9.81. The molecule has 0 radical (unpaired) electrons. The van der Waals surface area contributed by atoms with E-state index < -0.39 is 30.4 Å². The van der Waals surface area contributed by atoms with Gasteiger partial charge in [0.15, 0.2) is 5.90 Å². The third-order valence-corrected chi connectivity index (χ3v) is 7.65. The molecule has 1 heterocycles. The number of carbonyl (C=O) groups is 1. The number of nitrogens with zero attached hydrogens (tertiary/aromatic N) is 3. The molecule has 0 spiro atoms. The second-order valence-corrected chi connectivity index (χ2v) is 9.92. The first-order valence-corrected chi connectivity index (χ1v) is 12.6. The molecular formula is C23H39F4N5O2. The summed E-state index contributed by atoms with van der Waals surface area (Å²) in [6, 6.07) is 0.0419. The number of alkyl halides is 4. The first-order chi connectivity index (χ1) is 16.1. The molecule has 0 bridgehead atoms. The molecule has 3 fully saturated rings. The highest BCUT2D eigenvalue weighted by atomic mass is 19.4. The largest absolute Gasteiger partial charge is 0.453 e. The van der Waals surface area contributed by atoms with Gasteiger partial charge in [0.25, 0.3) is 0 Å². The number of piperazine rings is 1. The van der Waals surface area contributed by atoms with E-state index in [1.807, 2.05) is 9.80 Å². The van der Waals surface area contributed by atoms with Crippen LogP contribution in [0.2, 0.25) is 0 Å². The molecule has 34 heavy (non-hydrogen) atoms. The number of nitrogens with one attached hydrogen (secondary N) is 1. The van der Waals surface area contributed by atoms with Crippen molar-refractivity contribution in [3.05, 3.63) is 0 Å². The smallest absolute Gasteiger partial charge is 0.439 e. The predicted octanol–water partition coefficient (Wildman–Crippen LogP) is 3.97. The maximum atomic E-state index is 13.8. The van der Waals surface area contributed by atoms with E-state index in [1.54, 1.807) is 0 Å². The van der Waals surface area contributed by atoms with Crippen LogP contribution >= 0.6 is 0 Å². The number of likely N-dealkylation sites (N-methyl/N-ethyl adjacent to an activating group) is 1. The molecule has 2 saturated carbocycles. The average Bonchev–Trinajstić information content (AvgIpc) is 2.82. The summed E-state index contributed by atoms with van der Waals surface area (Å²) in [5.74, 6) is -0.603. The van der Waals surface area contributed by atoms with E-state index in [4.69, 9.17) is 11.1 Å². The normalized spacial score (nSPS) is 30.0. The standard InChI is InChI=1S/C23H39F4N5O2/c1-2-30-11-13-31(14-12-30)22(33)32(19-9-7-18(24)8-10-19)15-16-3-5-17(6-4-16)20(28)34-21(29)23(25,26)27/h16-19,21,28H,2-15,29H2,1H3. The van der Waals surface area contributed by atoms with Gasteiger partial charge in [0, 0.05) is 44.7 Å². The van der Waals surface area contributed by atoms with Crippen molar-refractivity contribution in [3.63, 3.8) is 0 Å². The Kier molecular flexibility index (Phi) is 9.42. The van der Waals surface area contributed by atoms with Crippen molar-refractivity contribution in [1.82, 2.24) is 14.7 Å². The quantitative estimate of drug-likeness (QED) is 0.254. The van der Waals surface area contributed by atoms with Gasteiger partial charge in [0.1, 0.15) is 6.17 Å². The lowest BCUT2D eigenvalue weighted by Gasteiger charge is -2.43. The predicted molar refractivity (Wildman–Crippen MR) is 121 cm³/mol. The van der Waals surface area contributed by atoms with Gasteiger partial charge in [-0.1, -0.05) is 6.92 Å². The van der Waals surface area contributed by atoms with Gasteiger partial charge in [0.2, 0.25) is 6.23 Å². The van der Waals surface area contributed by atoms with Crippen molar-refractivity contribution in [2.45, 2.75) is 82.9 Å². The molecular weight excluding hydrogens is 454 g/mol. The fourth-order valence-corrected chi connectivity index (χ4v) is 5.35. The van der Waals surface area contributed by atoms with Crippen molar-refractivity contribution < 1.29 is 27.1 Å². The van der Waals surface area contributed by atoms with Crippen molar-refractivity contribution in [2.24, 2.45) is 17.6 Å². The van der Waals surface area contributed by atoms with Crippen LogP contribution in [0.1, 0.15) is 58.3 Å². The number of nitrogens with two attached hydrogens (primary N) is 1. The van der Waals surface area contributed by atoms with Crippen LogP contribution in [0.5, 0.6) is 0 Å². The Morgan fingerprint density at radius 3 is 2.18 bits per heavy atom. The summed E-state index contributed by atoms with van der Waals surface area (Å²) in [4.78, 5) is 19.7. The Labute approximate surface area is 199 Å². The van der Waals surface area contributed by atoms with Crippen LogP contribution < -0.4 is 5.73 Å². The summed E-state index contributed by atoms with van der Waals surface area (Å²) >= 11 is 0. The van der Waals surface area contributed by atoms with Crippen molar-refractivity contribution in [1.29, 1.82) is 5.41 Å². The lowest BCUT2D eigenvalue weighted by Crippen LogP contribution is -2.56. The molecule has 2 aliphatic carbocycles. The van der Waals surface area contributed by atoms with Crippen LogP contribution in [0.15, 0.2) is 0 Å². The minimum absolute atomic E-state index is 0.0208. The molecule has 11 heteroatoms. The zero-order valence-electron chi connectivity index (χ0n) is 20.0. The zero-order chi connectivity index (χ0) is 24.9. The average molecular weight is 494 g/mol. The van der Waals surface area contributed by atoms with Gasteiger partial charge in [0.05, 0.1) is 0 Å². The number of ether oxygens (including phenoxy) is 1. The summed E-state index contributed by atoms with van der Waals surface area (Å²) in [7, 11) is 0. The Morgan fingerprint density at radius 1 is 1.06 bits per heavy atom. The maximum Gasteiger partial charge on any atom is 0.439 e. The highest BCUT2D eigenvalue weighted by Crippen LogP contribution is 2.34. The van der Waals surface area contributed by atoms with E-state index in [9.17, 15) is 22.4 Å². The third kappa shape index (κ3) is 7.19. The summed E-state index contributed by atoms with van der Waals surface area (Å²) in [6.07, 6.45) is -3.27. The van der Waals surface area contributed by atoms with E-state index in [0.717, 1.165) is 19.6 Å². The molecule has 0 aromatic heterocycles. The molecule has 1 saturated heterocycles. The molecule has 3 N–H and O–H groups in total. The molecule has 7 nitrogen and oxygen atoms in total. The lowest BCUT2D eigenvalue weighted by molar-refractivity contribution is -0.198. The van der Waals surface area contributed by atoms with Crippen LogP contribution in [-0.4, -0.2) is 90.5 Å². The van der Waals surface area contributed by atoms with Gasteiger partial charge in [-0.3, -0.25) is 11.1 Å². The summed E-state index contributed by atoms with van der Waals surface area (Å²) in [5, 5.41) is 7.90. The van der Waals surface area contributed by atoms with Crippen molar-refractivity contribution >= 4 is 11.9 Å². The van der Waals surface area contributed by atoms with E-state index in [1.165, 1.54) is 0 Å². The molecule has 3 rings (SSSR count). The zero-order valence-corrected chi connectivity index (χ0v) is 20.0. The number of urea groups is 1. The molecule has 2 amide bonds. The highest BCUT2D eigenvalue weighted by molar-refractivity contribution is 5.76. The Morgan fingerprint density at radius 2 is 1.65 bits per heavy atom. The van der Waals surface area contributed by atoms with Crippen molar-refractivity contribution in [3.8, 4) is 0 Å². The first-order valence-electron chi connectivity index (χ1n) is 12.6. The molecule has 0 aromatic rings. The molecule has 3 aliphatic rings. The SMILES string of the molecule is CCN1CCN(C(=O)N(CC2CCC(C(=N)OC(N)C(F)(F)F)CC2)C2CCC(F)CC2)CC1. The monoisotopic (exact) mass is 493 g/mol. The fraction of sp³-hybridized carbons (Fsp3) is 0.913. The minimum atomic E-state index is -4.70. The van der Waals surface area contributed by atoms with Gasteiger partial charge in [-0.2, -0.15) is 13.2 Å². The van der Waals surface area contributed by atoms with Crippen LogP contribution in [-0.2, 0) is 4.74 Å². The topological polar surface area (TPSA) is 85.9 Å². The van der Waals surface area contributed by atoms with E-state index >= 15 is 0 Å². The molecule has 1 unspecified atom stereocenters. The second-order valence-electron chi connectivity index (χ2n) is 9.92. The third-order valence-electron chi connectivity index (χ3n) is 7.65. The Hall–Kier alpha value is -1.62. The van der Waals surface area contributed by atoms with Gasteiger partial charge >= 0.3 is 12.2 Å². The van der Waals surface area contributed by atoms with Gasteiger partial charge in [-0.05, 0) is 63.8 Å². The Balaban J connectivity index is 1.57. The van der Waals surface area contributed by atoms with Crippen LogP contribution in [0.3, 0.4) is 0 Å². The summed E-state index contributed by atoms with van der Waals surface area (Å²) in [5.41, 5.74) is 5.00. The van der Waals surface area contributed by atoms with Crippen molar-refractivity contribution in [2.75, 3.05) is 39.3 Å². The fourth-order valence-electron chi connectivity index (χ4n) is 5.35. The number of rotatable bonds is 6. The number of halogens is 4. The van der Waals surface area contributed by atoms with Gasteiger partial charge in [-0.25, -0.2) is 9.18 Å². The molecule has 1 aliphatic heterocycles. The number of carbonyl (C=O) groups excluding carboxylic acids is 1. The number of hydrogen-bond acceptors (Lipinski definition) is 5. The van der Waals surface area contributed by atoms with Gasteiger partial charge < -0.3 is 19.4 Å². The highest BCUT2D eigenvalue weighted by Gasteiger charge is 2.41. The van der Waals surface area contributed by atoms with E-state index in [0.29, 0.717) is 71.0 Å². The van der Waals surface area contributed by atoms with Crippen LogP contribution in [0.25, 0.3) is 0 Å². The molecule has 0 aromatic carbocycles. The maximum absolute atomic E-state index is 13.8. The second kappa shape index (κ2) is 11.9. The van der Waals surface area contributed by atoms with Crippen LogP contribution in [0.4, 0.5) is 22.4 Å². The molecule has 196 valence electrons. The van der Waals surface area contributed by atoms with E-state index in [2.05, 4.69) is 16.6 Å². The first kappa shape index (κ1) is 27.0. The number of amides is 2. The molecule has 1 atom stereocenters. The number of hydrogen-bond donors (Lipinski definition) is 2. The summed E-state index contributed by atoms with van der Waals surface area (Å²) < 4.78 is 56.3. The minimum Gasteiger partial charge on any atom is -0.453 e.